The third kappa shape index (κ3) is 3.90. The van der Waals surface area contributed by atoms with Crippen molar-refractivity contribution in [2.45, 2.75) is 19.4 Å². The van der Waals surface area contributed by atoms with E-state index in [2.05, 4.69) is 26.5 Å². The molecule has 162 valence electrons. The summed E-state index contributed by atoms with van der Waals surface area (Å²) in [5, 5.41) is 16.9. The smallest absolute Gasteiger partial charge is 0.256 e. The fourth-order valence-electron chi connectivity index (χ4n) is 4.10. The van der Waals surface area contributed by atoms with Crippen LogP contribution in [0.3, 0.4) is 0 Å². The Morgan fingerprint density at radius 3 is 2.50 bits per heavy atom. The lowest BCUT2D eigenvalue weighted by Gasteiger charge is -2.36. The molecule has 1 saturated heterocycles. The highest BCUT2D eigenvalue weighted by atomic mass is 16.5. The van der Waals surface area contributed by atoms with E-state index in [9.17, 15) is 4.79 Å². The average molecular weight is 429 g/mol. The maximum atomic E-state index is 13.8. The molecular formula is C23H23N7O2. The molecule has 1 aliphatic rings. The molecule has 0 spiro atoms. The predicted molar refractivity (Wildman–Crippen MR) is 117 cm³/mol. The number of carbonyl (C=O) groups is 1. The second kappa shape index (κ2) is 8.72. The Morgan fingerprint density at radius 1 is 1.00 bits per heavy atom. The Balaban J connectivity index is 1.44. The van der Waals surface area contributed by atoms with Gasteiger partial charge in [0.25, 0.3) is 5.91 Å². The van der Waals surface area contributed by atoms with E-state index < -0.39 is 0 Å². The number of hydrogen-bond acceptors (Lipinski definition) is 6. The van der Waals surface area contributed by atoms with E-state index in [0.717, 1.165) is 16.8 Å². The van der Waals surface area contributed by atoms with Gasteiger partial charge in [0.05, 0.1) is 61.0 Å². The van der Waals surface area contributed by atoms with Crippen LogP contribution >= 0.6 is 0 Å². The standard InChI is InChI=1S/C23H23N7O2/c1-17-4-2-7-21(30-26-10-11-27-30)22(17)23(31)28-12-13-32-16-20(28)15-18-5-3-6-19(14-18)29-24-8-9-25-29/h2-11,14,20H,12-13,15-16H2,1H3/t20-/m1/s1. The summed E-state index contributed by atoms with van der Waals surface area (Å²) in [6, 6.07) is 13.7. The minimum atomic E-state index is -0.0879. The van der Waals surface area contributed by atoms with Crippen LogP contribution in [0.5, 0.6) is 0 Å². The van der Waals surface area contributed by atoms with Gasteiger partial charge in [-0.05, 0) is 42.7 Å². The molecule has 0 radical (unpaired) electrons. The molecule has 1 atom stereocenters. The molecule has 1 aliphatic heterocycles. The molecule has 9 heteroatoms. The van der Waals surface area contributed by atoms with Crippen LogP contribution in [0.4, 0.5) is 0 Å². The Hall–Kier alpha value is -3.85. The normalized spacial score (nSPS) is 16.3. The zero-order chi connectivity index (χ0) is 21.9. The number of ether oxygens (including phenoxy) is 1. The van der Waals surface area contributed by atoms with Crippen molar-refractivity contribution in [2.24, 2.45) is 0 Å². The van der Waals surface area contributed by atoms with Gasteiger partial charge in [-0.2, -0.15) is 30.0 Å². The van der Waals surface area contributed by atoms with Gasteiger partial charge < -0.3 is 9.64 Å². The second-order valence-corrected chi connectivity index (χ2v) is 7.71. The maximum Gasteiger partial charge on any atom is 0.256 e. The fraction of sp³-hybridized carbons (Fsp3) is 0.261. The summed E-state index contributed by atoms with van der Waals surface area (Å²) < 4.78 is 5.75. The van der Waals surface area contributed by atoms with E-state index in [-0.39, 0.29) is 11.9 Å². The van der Waals surface area contributed by atoms with Gasteiger partial charge in [0.2, 0.25) is 0 Å². The third-order valence-corrected chi connectivity index (χ3v) is 5.62. The largest absolute Gasteiger partial charge is 0.377 e. The third-order valence-electron chi connectivity index (χ3n) is 5.62. The topological polar surface area (TPSA) is 91.0 Å². The molecule has 9 nitrogen and oxygen atoms in total. The minimum Gasteiger partial charge on any atom is -0.377 e. The Morgan fingerprint density at radius 2 is 1.72 bits per heavy atom. The lowest BCUT2D eigenvalue weighted by Crippen LogP contribution is -2.50. The monoisotopic (exact) mass is 429 g/mol. The number of morpholine rings is 1. The van der Waals surface area contributed by atoms with Crippen molar-refractivity contribution in [1.29, 1.82) is 0 Å². The predicted octanol–water partition coefficient (Wildman–Crippen LogP) is 2.24. The molecule has 3 heterocycles. The van der Waals surface area contributed by atoms with E-state index in [0.29, 0.717) is 37.4 Å². The van der Waals surface area contributed by atoms with Crippen molar-refractivity contribution in [3.8, 4) is 11.4 Å². The summed E-state index contributed by atoms with van der Waals surface area (Å²) >= 11 is 0. The van der Waals surface area contributed by atoms with Crippen LogP contribution in [-0.2, 0) is 11.2 Å². The highest BCUT2D eigenvalue weighted by molar-refractivity contribution is 5.99. The van der Waals surface area contributed by atoms with E-state index >= 15 is 0 Å². The fourth-order valence-corrected chi connectivity index (χ4v) is 4.10. The highest BCUT2D eigenvalue weighted by Gasteiger charge is 2.31. The molecule has 2 aromatic heterocycles. The van der Waals surface area contributed by atoms with E-state index in [1.54, 1.807) is 29.6 Å². The highest BCUT2D eigenvalue weighted by Crippen LogP contribution is 2.23. The molecule has 4 aromatic rings. The Labute approximate surface area is 185 Å². The van der Waals surface area contributed by atoms with E-state index in [1.165, 1.54) is 4.80 Å². The van der Waals surface area contributed by atoms with Crippen LogP contribution < -0.4 is 0 Å². The number of aryl methyl sites for hydroxylation is 1. The molecule has 0 N–H and O–H groups in total. The first-order valence-corrected chi connectivity index (χ1v) is 10.5. The van der Waals surface area contributed by atoms with Crippen molar-refractivity contribution >= 4 is 5.91 Å². The zero-order valence-corrected chi connectivity index (χ0v) is 17.7. The molecule has 32 heavy (non-hydrogen) atoms. The summed E-state index contributed by atoms with van der Waals surface area (Å²) in [4.78, 5) is 18.8. The van der Waals surface area contributed by atoms with Gasteiger partial charge in [-0.3, -0.25) is 4.79 Å². The van der Waals surface area contributed by atoms with Gasteiger partial charge in [-0.15, -0.1) is 0 Å². The first kappa shape index (κ1) is 20.1. The Bertz CT molecular complexity index is 1210. The van der Waals surface area contributed by atoms with Gasteiger partial charge in [0.15, 0.2) is 0 Å². The summed E-state index contributed by atoms with van der Waals surface area (Å²) in [5.74, 6) is -0.0337. The quantitative estimate of drug-likeness (QED) is 0.483. The van der Waals surface area contributed by atoms with Crippen molar-refractivity contribution in [3.05, 3.63) is 83.9 Å². The number of hydrogen-bond donors (Lipinski definition) is 0. The molecule has 0 aliphatic carbocycles. The molecule has 2 aromatic carbocycles. The van der Waals surface area contributed by atoms with Crippen LogP contribution in [0.15, 0.2) is 67.3 Å². The molecule has 1 fully saturated rings. The van der Waals surface area contributed by atoms with Gasteiger partial charge in [-0.25, -0.2) is 0 Å². The molecule has 0 saturated carbocycles. The average Bonchev–Trinajstić information content (AvgIpc) is 3.54. The van der Waals surface area contributed by atoms with Crippen molar-refractivity contribution in [3.63, 3.8) is 0 Å². The number of amides is 1. The van der Waals surface area contributed by atoms with Gasteiger partial charge in [0.1, 0.15) is 0 Å². The Kier molecular flexibility index (Phi) is 5.47. The molecule has 5 rings (SSSR count). The van der Waals surface area contributed by atoms with Gasteiger partial charge in [-0.1, -0.05) is 24.3 Å². The summed E-state index contributed by atoms with van der Waals surface area (Å²) in [6.45, 7) is 3.47. The molecule has 1 amide bonds. The number of benzene rings is 2. The first-order chi connectivity index (χ1) is 15.7. The van der Waals surface area contributed by atoms with Crippen LogP contribution in [0.25, 0.3) is 11.4 Å². The van der Waals surface area contributed by atoms with Crippen LogP contribution in [0.2, 0.25) is 0 Å². The minimum absolute atomic E-state index is 0.0337. The number of aromatic nitrogens is 6. The van der Waals surface area contributed by atoms with E-state index in [1.807, 2.05) is 48.2 Å². The van der Waals surface area contributed by atoms with Crippen molar-refractivity contribution in [2.75, 3.05) is 19.8 Å². The van der Waals surface area contributed by atoms with Crippen molar-refractivity contribution in [1.82, 2.24) is 34.9 Å². The van der Waals surface area contributed by atoms with E-state index in [4.69, 9.17) is 4.74 Å². The summed E-state index contributed by atoms with van der Waals surface area (Å²) in [5.41, 5.74) is 4.16. The maximum absolute atomic E-state index is 13.8. The zero-order valence-electron chi connectivity index (χ0n) is 17.7. The first-order valence-electron chi connectivity index (χ1n) is 10.5. The molecule has 0 bridgehead atoms. The van der Waals surface area contributed by atoms with Crippen molar-refractivity contribution < 1.29 is 9.53 Å². The lowest BCUT2D eigenvalue weighted by atomic mass is 10.0. The second-order valence-electron chi connectivity index (χ2n) is 7.71. The number of nitrogens with zero attached hydrogens (tertiary/aromatic N) is 7. The van der Waals surface area contributed by atoms with Crippen LogP contribution in [-0.4, -0.2) is 66.6 Å². The SMILES string of the molecule is Cc1cccc(-n2nccn2)c1C(=O)N1CCOC[C@H]1Cc1cccc(-n2nccn2)c1. The van der Waals surface area contributed by atoms with Crippen LogP contribution in [0, 0.1) is 6.92 Å². The summed E-state index contributed by atoms with van der Waals surface area (Å²) in [7, 11) is 0. The van der Waals surface area contributed by atoms with Gasteiger partial charge in [0, 0.05) is 6.54 Å². The van der Waals surface area contributed by atoms with Crippen LogP contribution in [0.1, 0.15) is 21.5 Å². The number of rotatable bonds is 5. The number of carbonyl (C=O) groups excluding carboxylic acids is 1. The lowest BCUT2D eigenvalue weighted by molar-refractivity contribution is -0.00169. The molecule has 0 unspecified atom stereocenters. The van der Waals surface area contributed by atoms with Gasteiger partial charge >= 0.3 is 0 Å². The molecular weight excluding hydrogens is 406 g/mol. The summed E-state index contributed by atoms with van der Waals surface area (Å²) in [6.07, 6.45) is 7.18.